The number of aliphatic hydroxyl groups is 1. The second kappa shape index (κ2) is 6.02. The number of nitrogens with zero attached hydrogens (tertiary/aromatic N) is 1. The number of aliphatic hydroxyl groups excluding tert-OH is 1. The van der Waals surface area contributed by atoms with E-state index in [2.05, 4.69) is 20.9 Å². The zero-order valence-corrected chi connectivity index (χ0v) is 12.4. The van der Waals surface area contributed by atoms with Crippen LogP contribution in [0.3, 0.4) is 0 Å². The van der Waals surface area contributed by atoms with Crippen molar-refractivity contribution in [3.8, 4) is 0 Å². The van der Waals surface area contributed by atoms with Crippen LogP contribution in [0.25, 0.3) is 0 Å². The zero-order chi connectivity index (χ0) is 13.1. The molecule has 0 amide bonds. The molecule has 5 heteroatoms. The Labute approximate surface area is 124 Å². The summed E-state index contributed by atoms with van der Waals surface area (Å²) in [5, 5.41) is 11.1. The van der Waals surface area contributed by atoms with Gasteiger partial charge >= 0.3 is 0 Å². The van der Waals surface area contributed by atoms with Gasteiger partial charge in [0.05, 0.1) is 21.8 Å². The minimum Gasteiger partial charge on any atom is -0.386 e. The van der Waals surface area contributed by atoms with Crippen molar-refractivity contribution in [3.05, 3.63) is 62.3 Å². The van der Waals surface area contributed by atoms with Gasteiger partial charge in [-0.2, -0.15) is 0 Å². The molecule has 1 heterocycles. The van der Waals surface area contributed by atoms with Crippen LogP contribution in [0.15, 0.2) is 41.0 Å². The van der Waals surface area contributed by atoms with E-state index in [1.54, 1.807) is 24.4 Å². The number of pyridine rings is 1. The van der Waals surface area contributed by atoms with Crippen LogP contribution in [-0.4, -0.2) is 10.1 Å². The number of aromatic nitrogens is 1. The lowest BCUT2D eigenvalue weighted by molar-refractivity contribution is 0.173. The third kappa shape index (κ3) is 3.45. The maximum atomic E-state index is 10.1. The fraction of sp³-hybridized carbons (Fsp3) is 0.154. The largest absolute Gasteiger partial charge is 0.386 e. The summed E-state index contributed by atoms with van der Waals surface area (Å²) >= 11 is 15.1. The number of benzene rings is 1. The Kier molecular flexibility index (Phi) is 4.62. The topological polar surface area (TPSA) is 33.1 Å². The van der Waals surface area contributed by atoms with Gasteiger partial charge in [0.15, 0.2) is 0 Å². The van der Waals surface area contributed by atoms with Gasteiger partial charge in [-0.25, -0.2) is 0 Å². The van der Waals surface area contributed by atoms with E-state index in [4.69, 9.17) is 23.2 Å². The van der Waals surface area contributed by atoms with Gasteiger partial charge < -0.3 is 5.11 Å². The first-order chi connectivity index (χ1) is 8.56. The Morgan fingerprint density at radius 1 is 1.17 bits per heavy atom. The van der Waals surface area contributed by atoms with Gasteiger partial charge in [0.1, 0.15) is 0 Å². The Morgan fingerprint density at radius 3 is 2.56 bits per heavy atom. The SMILES string of the molecule is OC(Cc1ccc(Cl)c(Cl)c1)c1ccc(Br)cn1. The van der Waals surface area contributed by atoms with Crippen LogP contribution >= 0.6 is 39.1 Å². The summed E-state index contributed by atoms with van der Waals surface area (Å²) in [5.41, 5.74) is 1.55. The van der Waals surface area contributed by atoms with E-state index in [-0.39, 0.29) is 0 Å². The van der Waals surface area contributed by atoms with Crippen molar-refractivity contribution < 1.29 is 5.11 Å². The molecule has 0 aliphatic carbocycles. The van der Waals surface area contributed by atoms with Crippen molar-refractivity contribution in [1.82, 2.24) is 4.98 Å². The molecule has 0 saturated heterocycles. The predicted octanol–water partition coefficient (Wildman–Crippen LogP) is 4.43. The first-order valence-corrected chi connectivity index (χ1v) is 6.84. The van der Waals surface area contributed by atoms with Gasteiger partial charge in [-0.3, -0.25) is 4.98 Å². The van der Waals surface area contributed by atoms with E-state index in [0.29, 0.717) is 22.2 Å². The van der Waals surface area contributed by atoms with Gasteiger partial charge in [0, 0.05) is 17.1 Å². The summed E-state index contributed by atoms with van der Waals surface area (Å²) < 4.78 is 0.882. The van der Waals surface area contributed by atoms with E-state index < -0.39 is 6.10 Å². The molecule has 94 valence electrons. The van der Waals surface area contributed by atoms with Crippen LogP contribution in [0.1, 0.15) is 17.4 Å². The number of halogens is 3. The molecule has 2 nitrogen and oxygen atoms in total. The molecule has 0 saturated carbocycles. The standard InChI is InChI=1S/C13H10BrCl2NO/c14-9-2-4-12(17-7-9)13(18)6-8-1-3-10(15)11(16)5-8/h1-5,7,13,18H,6H2. The predicted molar refractivity (Wildman–Crippen MR) is 77.1 cm³/mol. The van der Waals surface area contributed by atoms with E-state index in [1.165, 1.54) is 0 Å². The van der Waals surface area contributed by atoms with Crippen LogP contribution in [0.5, 0.6) is 0 Å². The van der Waals surface area contributed by atoms with Gasteiger partial charge in [0.2, 0.25) is 0 Å². The van der Waals surface area contributed by atoms with Crippen molar-refractivity contribution in [3.63, 3.8) is 0 Å². The lowest BCUT2D eigenvalue weighted by Gasteiger charge is -2.10. The molecule has 1 aromatic carbocycles. The molecular weight excluding hydrogens is 337 g/mol. The summed E-state index contributed by atoms with van der Waals surface area (Å²) in [4.78, 5) is 4.16. The molecule has 1 aromatic heterocycles. The summed E-state index contributed by atoms with van der Waals surface area (Å²) in [6.07, 6.45) is 1.45. The molecule has 18 heavy (non-hydrogen) atoms. The summed E-state index contributed by atoms with van der Waals surface area (Å²) in [5.74, 6) is 0. The molecular formula is C13H10BrCl2NO. The first kappa shape index (κ1) is 13.8. The highest BCUT2D eigenvalue weighted by molar-refractivity contribution is 9.10. The lowest BCUT2D eigenvalue weighted by Crippen LogP contribution is -2.03. The third-order valence-electron chi connectivity index (χ3n) is 2.50. The Balaban J connectivity index is 2.13. The highest BCUT2D eigenvalue weighted by atomic mass is 79.9. The summed E-state index contributed by atoms with van der Waals surface area (Å²) in [6.45, 7) is 0. The van der Waals surface area contributed by atoms with E-state index in [0.717, 1.165) is 10.0 Å². The second-order valence-electron chi connectivity index (χ2n) is 3.87. The summed E-state index contributed by atoms with van der Waals surface area (Å²) in [6, 6.07) is 8.95. The van der Waals surface area contributed by atoms with Crippen LogP contribution in [0.4, 0.5) is 0 Å². The molecule has 0 radical (unpaired) electrons. The van der Waals surface area contributed by atoms with Gasteiger partial charge in [-0.1, -0.05) is 29.3 Å². The fourth-order valence-electron chi connectivity index (χ4n) is 1.58. The maximum Gasteiger partial charge on any atom is 0.0999 e. The van der Waals surface area contributed by atoms with Crippen molar-refractivity contribution >= 4 is 39.1 Å². The minimum atomic E-state index is -0.657. The molecule has 2 aromatic rings. The van der Waals surface area contributed by atoms with Crippen molar-refractivity contribution in [1.29, 1.82) is 0 Å². The Morgan fingerprint density at radius 2 is 1.94 bits per heavy atom. The second-order valence-corrected chi connectivity index (χ2v) is 5.60. The smallest absolute Gasteiger partial charge is 0.0999 e. The van der Waals surface area contributed by atoms with Gasteiger partial charge in [-0.05, 0) is 45.8 Å². The highest BCUT2D eigenvalue weighted by Gasteiger charge is 2.10. The van der Waals surface area contributed by atoms with Gasteiger partial charge in [0.25, 0.3) is 0 Å². The normalized spacial score (nSPS) is 12.4. The number of hydrogen-bond donors (Lipinski definition) is 1. The summed E-state index contributed by atoms with van der Waals surface area (Å²) in [7, 11) is 0. The minimum absolute atomic E-state index is 0.450. The molecule has 0 aliphatic rings. The zero-order valence-electron chi connectivity index (χ0n) is 9.28. The van der Waals surface area contributed by atoms with E-state index >= 15 is 0 Å². The molecule has 1 unspecified atom stereocenters. The molecule has 0 fully saturated rings. The van der Waals surface area contributed by atoms with Crippen molar-refractivity contribution in [2.75, 3.05) is 0 Å². The average Bonchev–Trinajstić information content (AvgIpc) is 2.34. The van der Waals surface area contributed by atoms with Crippen LogP contribution in [-0.2, 0) is 6.42 Å². The van der Waals surface area contributed by atoms with Crippen LogP contribution in [0, 0.1) is 0 Å². The first-order valence-electron chi connectivity index (χ1n) is 5.29. The van der Waals surface area contributed by atoms with E-state index in [9.17, 15) is 5.11 Å². The van der Waals surface area contributed by atoms with Crippen LogP contribution < -0.4 is 0 Å². The number of rotatable bonds is 3. The molecule has 0 spiro atoms. The molecule has 2 rings (SSSR count). The quantitative estimate of drug-likeness (QED) is 0.891. The highest BCUT2D eigenvalue weighted by Crippen LogP contribution is 2.25. The third-order valence-corrected chi connectivity index (χ3v) is 3.71. The Hall–Kier alpha value is -0.610. The van der Waals surface area contributed by atoms with E-state index in [1.807, 2.05) is 12.1 Å². The molecule has 0 aliphatic heterocycles. The Bertz CT molecular complexity index is 545. The number of hydrogen-bond acceptors (Lipinski definition) is 2. The average molecular weight is 347 g/mol. The van der Waals surface area contributed by atoms with Crippen LogP contribution in [0.2, 0.25) is 10.0 Å². The van der Waals surface area contributed by atoms with Gasteiger partial charge in [-0.15, -0.1) is 0 Å². The molecule has 1 N–H and O–H groups in total. The molecule has 0 bridgehead atoms. The lowest BCUT2D eigenvalue weighted by atomic mass is 10.1. The van der Waals surface area contributed by atoms with Crippen molar-refractivity contribution in [2.45, 2.75) is 12.5 Å². The molecule has 1 atom stereocenters. The fourth-order valence-corrected chi connectivity index (χ4v) is 2.13. The van der Waals surface area contributed by atoms with Crippen molar-refractivity contribution in [2.24, 2.45) is 0 Å². The monoisotopic (exact) mass is 345 g/mol. The maximum absolute atomic E-state index is 10.1.